The van der Waals surface area contributed by atoms with E-state index in [1.165, 1.54) is 27.1 Å². The molecule has 0 amide bonds. The number of hydrogen-bond acceptors (Lipinski definition) is 3. The molecule has 7 aromatic carbocycles. The summed E-state index contributed by atoms with van der Waals surface area (Å²) in [7, 11) is 0. The van der Waals surface area contributed by atoms with E-state index in [-0.39, 0.29) is 0 Å². The van der Waals surface area contributed by atoms with Gasteiger partial charge in [0, 0.05) is 16.7 Å². The second kappa shape index (κ2) is 13.4. The van der Waals surface area contributed by atoms with E-state index < -0.39 is 0 Å². The van der Waals surface area contributed by atoms with Crippen LogP contribution in [0.4, 0.5) is 0 Å². The van der Waals surface area contributed by atoms with Crippen LogP contribution in [0.15, 0.2) is 176 Å². The Kier molecular flexibility index (Phi) is 8.04. The van der Waals surface area contributed by atoms with Gasteiger partial charge in [-0.25, -0.2) is 9.97 Å². The van der Waals surface area contributed by atoms with Crippen molar-refractivity contribution < 1.29 is 0 Å². The molecule has 0 bridgehead atoms. The highest BCUT2D eigenvalue weighted by atomic mass is 14.9. The van der Waals surface area contributed by atoms with Gasteiger partial charge in [0.25, 0.3) is 0 Å². The lowest BCUT2D eigenvalue weighted by molar-refractivity contribution is 1.03. The number of allylic oxidation sites excluding steroid dienone is 4. The third-order valence-corrected chi connectivity index (χ3v) is 9.92. The molecule has 0 N–H and O–H groups in total. The van der Waals surface area contributed by atoms with E-state index in [1.807, 2.05) is 30.3 Å². The summed E-state index contributed by atoms with van der Waals surface area (Å²) in [5.41, 5.74) is 12.5. The number of hydrogen-bond donors (Lipinski definition) is 0. The molecule has 0 radical (unpaired) electrons. The molecule has 1 aliphatic carbocycles. The monoisotopic (exact) mass is 663 g/mol. The molecular weight excluding hydrogens is 631 g/mol. The highest BCUT2D eigenvalue weighted by Crippen LogP contribution is 2.41. The van der Waals surface area contributed by atoms with Crippen molar-refractivity contribution in [3.63, 3.8) is 0 Å². The second-order valence-electron chi connectivity index (χ2n) is 13.2. The van der Waals surface area contributed by atoms with E-state index >= 15 is 0 Å². The van der Waals surface area contributed by atoms with Crippen molar-refractivity contribution in [2.45, 2.75) is 12.8 Å². The maximum Gasteiger partial charge on any atom is 0.160 e. The molecule has 9 rings (SSSR count). The van der Waals surface area contributed by atoms with Crippen LogP contribution in [0.2, 0.25) is 0 Å². The number of benzene rings is 7. The Bertz CT molecular complexity index is 2710. The van der Waals surface area contributed by atoms with E-state index in [9.17, 15) is 5.26 Å². The lowest BCUT2D eigenvalue weighted by atomic mass is 9.87. The second-order valence-corrected chi connectivity index (χ2v) is 13.2. The molecule has 1 aliphatic rings. The maximum atomic E-state index is 9.44. The lowest BCUT2D eigenvalue weighted by Gasteiger charge is -2.16. The van der Waals surface area contributed by atoms with Crippen LogP contribution in [-0.4, -0.2) is 9.97 Å². The van der Waals surface area contributed by atoms with Gasteiger partial charge in [-0.2, -0.15) is 5.26 Å². The topological polar surface area (TPSA) is 49.6 Å². The average molecular weight is 664 g/mol. The highest BCUT2D eigenvalue weighted by molar-refractivity contribution is 6.03. The molecule has 3 nitrogen and oxygen atoms in total. The van der Waals surface area contributed by atoms with Crippen LogP contribution in [0.5, 0.6) is 0 Å². The van der Waals surface area contributed by atoms with Crippen molar-refractivity contribution in [1.82, 2.24) is 9.97 Å². The van der Waals surface area contributed by atoms with Crippen LogP contribution < -0.4 is 0 Å². The van der Waals surface area contributed by atoms with Crippen molar-refractivity contribution in [2.24, 2.45) is 0 Å². The fourth-order valence-corrected chi connectivity index (χ4v) is 7.23. The zero-order chi connectivity index (χ0) is 34.9. The Balaban J connectivity index is 1.18. The zero-order valence-corrected chi connectivity index (χ0v) is 28.5. The number of fused-ring (bicyclic) bond motifs is 2. The van der Waals surface area contributed by atoms with Gasteiger partial charge in [0.1, 0.15) is 0 Å². The van der Waals surface area contributed by atoms with E-state index in [0.717, 1.165) is 74.6 Å². The molecule has 0 saturated heterocycles. The molecule has 0 atom stereocenters. The summed E-state index contributed by atoms with van der Waals surface area (Å²) >= 11 is 0. The first-order chi connectivity index (χ1) is 25.7. The van der Waals surface area contributed by atoms with Gasteiger partial charge in [-0.3, -0.25) is 0 Å². The number of nitrogens with zero attached hydrogens (tertiary/aromatic N) is 3. The van der Waals surface area contributed by atoms with Gasteiger partial charge in [0.05, 0.1) is 23.0 Å². The molecule has 1 heterocycles. The van der Waals surface area contributed by atoms with Crippen molar-refractivity contribution in [2.75, 3.05) is 0 Å². The van der Waals surface area contributed by atoms with Gasteiger partial charge in [-0.05, 0) is 110 Å². The minimum atomic E-state index is 0.655. The largest absolute Gasteiger partial charge is 0.228 e. The Morgan fingerprint density at radius 2 is 1.04 bits per heavy atom. The third kappa shape index (κ3) is 5.98. The third-order valence-electron chi connectivity index (χ3n) is 9.92. The van der Waals surface area contributed by atoms with Gasteiger partial charge in [-0.1, -0.05) is 133 Å². The summed E-state index contributed by atoms with van der Waals surface area (Å²) in [4.78, 5) is 10.1. The molecule has 3 heteroatoms. The van der Waals surface area contributed by atoms with Crippen LogP contribution in [0.25, 0.3) is 83.0 Å². The summed E-state index contributed by atoms with van der Waals surface area (Å²) in [5.74, 6) is 0.752. The molecule has 0 saturated carbocycles. The number of rotatable bonds is 6. The maximum absolute atomic E-state index is 9.44. The Labute approximate surface area is 303 Å². The Hall–Kier alpha value is -6.89. The number of nitriles is 1. The summed E-state index contributed by atoms with van der Waals surface area (Å²) in [6.45, 7) is 0. The minimum absolute atomic E-state index is 0.655. The van der Waals surface area contributed by atoms with Crippen molar-refractivity contribution in [3.8, 4) is 62.0 Å². The van der Waals surface area contributed by atoms with Gasteiger partial charge in [0.15, 0.2) is 5.82 Å². The van der Waals surface area contributed by atoms with E-state index in [4.69, 9.17) is 9.97 Å². The van der Waals surface area contributed by atoms with Crippen molar-refractivity contribution in [3.05, 3.63) is 187 Å². The molecule has 8 aromatic rings. The average Bonchev–Trinajstić information content (AvgIpc) is 3.23. The van der Waals surface area contributed by atoms with E-state index in [0.29, 0.717) is 5.56 Å². The number of aromatic nitrogens is 2. The van der Waals surface area contributed by atoms with E-state index in [1.54, 1.807) is 0 Å². The van der Waals surface area contributed by atoms with Gasteiger partial charge >= 0.3 is 0 Å². The van der Waals surface area contributed by atoms with Gasteiger partial charge in [0.2, 0.25) is 0 Å². The van der Waals surface area contributed by atoms with Crippen molar-refractivity contribution >= 4 is 27.1 Å². The molecule has 0 unspecified atom stereocenters. The molecule has 52 heavy (non-hydrogen) atoms. The minimum Gasteiger partial charge on any atom is -0.228 e. The Morgan fingerprint density at radius 3 is 1.71 bits per heavy atom. The predicted octanol–water partition coefficient (Wildman–Crippen LogP) is 12.7. The van der Waals surface area contributed by atoms with Crippen LogP contribution in [-0.2, 0) is 0 Å². The first-order valence-electron chi connectivity index (χ1n) is 17.7. The van der Waals surface area contributed by atoms with Crippen LogP contribution in [0.1, 0.15) is 24.2 Å². The zero-order valence-electron chi connectivity index (χ0n) is 28.5. The predicted molar refractivity (Wildman–Crippen MR) is 215 cm³/mol. The molecular formula is C49H33N3. The van der Waals surface area contributed by atoms with Crippen LogP contribution >= 0.6 is 0 Å². The fraction of sp³-hybridized carbons (Fsp3) is 0.0408. The lowest BCUT2D eigenvalue weighted by Crippen LogP contribution is -1.99. The van der Waals surface area contributed by atoms with Gasteiger partial charge in [-0.15, -0.1) is 0 Å². The molecule has 0 aliphatic heterocycles. The standard InChI is InChI=1S/C49H33N3/c50-32-33-19-21-34(22-20-33)44-30-42(27-41-17-9-10-18-43(41)44)46-29-40-16-8-7-15-39(40)28-45(46)35-23-25-37(26-24-35)48-31-47(36-11-3-1-4-12-36)51-49(52-48)38-13-5-2-6-14-38/h1,3-5,7-31H,2,6H2. The Morgan fingerprint density at radius 1 is 0.462 bits per heavy atom. The smallest absolute Gasteiger partial charge is 0.160 e. The van der Waals surface area contributed by atoms with Crippen LogP contribution in [0.3, 0.4) is 0 Å². The molecule has 0 fully saturated rings. The van der Waals surface area contributed by atoms with Crippen molar-refractivity contribution in [1.29, 1.82) is 5.26 Å². The van der Waals surface area contributed by atoms with Crippen LogP contribution in [0, 0.1) is 11.3 Å². The molecule has 1 aromatic heterocycles. The first kappa shape index (κ1) is 31.1. The summed E-state index contributed by atoms with van der Waals surface area (Å²) in [6.07, 6.45) is 8.61. The molecule has 244 valence electrons. The fourth-order valence-electron chi connectivity index (χ4n) is 7.23. The SMILES string of the molecule is N#Cc1ccc(-c2cc(-c3cc4ccccc4cc3-c3ccc(-c4cc(-c5ccccc5)nc(C5=CCCC=C5)n4)cc3)cc3ccccc23)cc1. The normalized spacial score (nSPS) is 12.5. The highest BCUT2D eigenvalue weighted by Gasteiger charge is 2.16. The summed E-state index contributed by atoms with van der Waals surface area (Å²) < 4.78 is 0. The quantitative estimate of drug-likeness (QED) is 0.178. The van der Waals surface area contributed by atoms with Gasteiger partial charge < -0.3 is 0 Å². The summed E-state index contributed by atoms with van der Waals surface area (Å²) in [6, 6.07) is 57.7. The summed E-state index contributed by atoms with van der Waals surface area (Å²) in [5, 5.41) is 14.2. The molecule has 0 spiro atoms. The van der Waals surface area contributed by atoms with E-state index in [2.05, 4.69) is 152 Å². The first-order valence-corrected chi connectivity index (χ1v) is 17.7.